The molecule has 0 bridgehead atoms. The third-order valence-corrected chi connectivity index (χ3v) is 5.41. The molecule has 2 aliphatic rings. The van der Waals surface area contributed by atoms with Crippen LogP contribution in [0.4, 0.5) is 0 Å². The molecule has 3 nitrogen and oxygen atoms in total. The molecule has 1 fully saturated rings. The van der Waals surface area contributed by atoms with Crippen LogP contribution in [0.3, 0.4) is 0 Å². The van der Waals surface area contributed by atoms with Crippen LogP contribution in [0.15, 0.2) is 8.99 Å². The molecule has 1 heterocycles. The van der Waals surface area contributed by atoms with Crippen molar-refractivity contribution in [3.8, 4) is 0 Å². The third kappa shape index (κ3) is 1.78. The van der Waals surface area contributed by atoms with Gasteiger partial charge in [0.25, 0.3) is 10.1 Å². The van der Waals surface area contributed by atoms with Gasteiger partial charge in [0.05, 0.1) is 5.41 Å². The van der Waals surface area contributed by atoms with Crippen LogP contribution >= 0.6 is 22.6 Å². The van der Waals surface area contributed by atoms with E-state index >= 15 is 0 Å². The summed E-state index contributed by atoms with van der Waals surface area (Å²) in [6.07, 6.45) is 5.02. The Bertz CT molecular complexity index is 338. The van der Waals surface area contributed by atoms with Crippen molar-refractivity contribution in [2.45, 2.75) is 37.7 Å². The molecule has 0 amide bonds. The summed E-state index contributed by atoms with van der Waals surface area (Å²) in [5, 5.41) is 1.26. The van der Waals surface area contributed by atoms with Crippen LogP contribution in [0, 0.1) is 0 Å². The van der Waals surface area contributed by atoms with Crippen molar-refractivity contribution in [1.82, 2.24) is 0 Å². The molecule has 1 spiro atoms. The van der Waals surface area contributed by atoms with E-state index in [4.69, 9.17) is 4.18 Å². The molecule has 0 aromatic rings. The van der Waals surface area contributed by atoms with Gasteiger partial charge in [-0.25, -0.2) is 0 Å². The maximum atomic E-state index is 11.2. The van der Waals surface area contributed by atoms with Gasteiger partial charge in [-0.05, 0) is 35.4 Å². The third-order valence-electron chi connectivity index (χ3n) is 2.62. The molecule has 74 valence electrons. The first-order chi connectivity index (χ1) is 6.04. The van der Waals surface area contributed by atoms with Crippen molar-refractivity contribution in [2.24, 2.45) is 0 Å². The van der Waals surface area contributed by atoms with Gasteiger partial charge in [-0.15, -0.1) is 0 Å². The van der Waals surface area contributed by atoms with Crippen molar-refractivity contribution >= 4 is 32.7 Å². The zero-order valence-corrected chi connectivity index (χ0v) is 10.1. The highest BCUT2D eigenvalue weighted by Gasteiger charge is 2.45. The highest BCUT2D eigenvalue weighted by Crippen LogP contribution is 2.46. The lowest BCUT2D eigenvalue weighted by Gasteiger charge is -2.31. The number of halogens is 1. The Balaban J connectivity index is 2.31. The number of hydrogen-bond donors (Lipinski definition) is 0. The summed E-state index contributed by atoms with van der Waals surface area (Å²) in [6, 6.07) is 0. The van der Waals surface area contributed by atoms with Gasteiger partial charge in [-0.3, -0.25) is 4.18 Å². The summed E-state index contributed by atoms with van der Waals surface area (Å²) in [5.74, 6) is 0. The van der Waals surface area contributed by atoms with E-state index in [-0.39, 0.29) is 0 Å². The van der Waals surface area contributed by atoms with Crippen LogP contribution in [0.5, 0.6) is 0 Å². The summed E-state index contributed by atoms with van der Waals surface area (Å²) in [4.78, 5) is 0. The second kappa shape index (κ2) is 3.20. The minimum atomic E-state index is -3.37. The fourth-order valence-electron chi connectivity index (χ4n) is 1.97. The Morgan fingerprint density at radius 1 is 1.31 bits per heavy atom. The van der Waals surface area contributed by atoms with Crippen molar-refractivity contribution < 1.29 is 12.6 Å². The van der Waals surface area contributed by atoms with Gasteiger partial charge in [-0.1, -0.05) is 19.3 Å². The predicted molar refractivity (Wildman–Crippen MR) is 57.9 cm³/mol. The van der Waals surface area contributed by atoms with Gasteiger partial charge < -0.3 is 0 Å². The molecule has 0 saturated heterocycles. The Morgan fingerprint density at radius 3 is 2.38 bits per heavy atom. The molecule has 0 aromatic heterocycles. The Hall–Kier alpha value is 0.380. The first-order valence-corrected chi connectivity index (χ1v) is 6.92. The lowest BCUT2D eigenvalue weighted by Crippen LogP contribution is -2.32. The van der Waals surface area contributed by atoms with Crippen molar-refractivity contribution in [2.75, 3.05) is 0 Å². The molecule has 1 aliphatic carbocycles. The van der Waals surface area contributed by atoms with E-state index in [1.165, 1.54) is 11.8 Å². The average molecular weight is 314 g/mol. The zero-order chi connectivity index (χ0) is 9.53. The van der Waals surface area contributed by atoms with E-state index in [0.717, 1.165) is 29.3 Å². The largest absolute Gasteiger partial charge is 0.291 e. The van der Waals surface area contributed by atoms with Crippen LogP contribution in [0.25, 0.3) is 0 Å². The summed E-state index contributed by atoms with van der Waals surface area (Å²) < 4.78 is 28.4. The van der Waals surface area contributed by atoms with E-state index in [2.05, 4.69) is 22.6 Å². The normalized spacial score (nSPS) is 30.4. The van der Waals surface area contributed by atoms with Crippen LogP contribution in [-0.2, 0) is 14.3 Å². The quantitative estimate of drug-likeness (QED) is 0.509. The van der Waals surface area contributed by atoms with Gasteiger partial charge in [0.15, 0.2) is 0 Å². The molecular weight excluding hydrogens is 303 g/mol. The Morgan fingerprint density at radius 2 is 1.92 bits per heavy atom. The molecule has 0 radical (unpaired) electrons. The topological polar surface area (TPSA) is 43.4 Å². The summed E-state index contributed by atoms with van der Waals surface area (Å²) >= 11 is 2.09. The highest BCUT2D eigenvalue weighted by atomic mass is 127. The van der Waals surface area contributed by atoms with Gasteiger partial charge in [-0.2, -0.15) is 8.42 Å². The second-order valence-corrected chi connectivity index (χ2v) is 6.15. The van der Waals surface area contributed by atoms with E-state index < -0.39 is 15.7 Å². The summed E-state index contributed by atoms with van der Waals surface area (Å²) in [7, 11) is -3.37. The molecule has 0 atom stereocenters. The number of hydrogen-bond acceptors (Lipinski definition) is 3. The monoisotopic (exact) mass is 314 g/mol. The molecule has 0 unspecified atom stereocenters. The standard InChI is InChI=1S/C8H11IO3S/c9-7-6-13(10,11)12-8(7)4-2-1-3-5-8/h6H,1-5H2. The fourth-order valence-corrected chi connectivity index (χ4v) is 4.92. The molecule has 5 heteroatoms. The smallest absolute Gasteiger partial charge is 0.255 e. The van der Waals surface area contributed by atoms with Gasteiger partial charge in [0.2, 0.25) is 0 Å². The maximum Gasteiger partial charge on any atom is 0.291 e. The zero-order valence-electron chi connectivity index (χ0n) is 7.12. The molecule has 0 aromatic carbocycles. The molecule has 0 N–H and O–H groups in total. The Labute approximate surface area is 91.8 Å². The summed E-state index contributed by atoms with van der Waals surface area (Å²) in [5.41, 5.74) is -0.475. The minimum Gasteiger partial charge on any atom is -0.255 e. The lowest BCUT2D eigenvalue weighted by atomic mass is 9.85. The van der Waals surface area contributed by atoms with Gasteiger partial charge >= 0.3 is 0 Å². The van der Waals surface area contributed by atoms with Crippen LogP contribution in [0.1, 0.15) is 32.1 Å². The second-order valence-electron chi connectivity index (χ2n) is 3.60. The van der Waals surface area contributed by atoms with Crippen LogP contribution < -0.4 is 0 Å². The van der Waals surface area contributed by atoms with Crippen molar-refractivity contribution in [1.29, 1.82) is 0 Å². The number of rotatable bonds is 0. The first kappa shape index (κ1) is 9.92. The summed E-state index contributed by atoms with van der Waals surface area (Å²) in [6.45, 7) is 0. The van der Waals surface area contributed by atoms with E-state index in [1.54, 1.807) is 0 Å². The van der Waals surface area contributed by atoms with E-state index in [9.17, 15) is 8.42 Å². The van der Waals surface area contributed by atoms with Gasteiger partial charge in [0.1, 0.15) is 5.60 Å². The van der Waals surface area contributed by atoms with Crippen LogP contribution in [0.2, 0.25) is 0 Å². The Kier molecular flexibility index (Phi) is 2.44. The predicted octanol–water partition coefficient (Wildman–Crippen LogP) is 2.33. The minimum absolute atomic E-state index is 0.475. The lowest BCUT2D eigenvalue weighted by molar-refractivity contribution is 0.0930. The maximum absolute atomic E-state index is 11.2. The van der Waals surface area contributed by atoms with E-state index in [1.807, 2.05) is 0 Å². The molecular formula is C8H11IO3S. The SMILES string of the molecule is O=S1(=O)C=C(I)C2(CCCCC2)O1. The van der Waals surface area contributed by atoms with E-state index in [0.29, 0.717) is 0 Å². The average Bonchev–Trinajstić information content (AvgIpc) is 2.23. The molecule has 1 aliphatic heterocycles. The van der Waals surface area contributed by atoms with Crippen molar-refractivity contribution in [3.05, 3.63) is 8.99 Å². The van der Waals surface area contributed by atoms with Crippen LogP contribution in [-0.4, -0.2) is 14.0 Å². The highest BCUT2D eigenvalue weighted by molar-refractivity contribution is 14.1. The van der Waals surface area contributed by atoms with Gasteiger partial charge in [0, 0.05) is 3.58 Å². The fraction of sp³-hybridized carbons (Fsp3) is 0.750. The van der Waals surface area contributed by atoms with Crippen molar-refractivity contribution in [3.63, 3.8) is 0 Å². The molecule has 13 heavy (non-hydrogen) atoms. The molecule has 2 rings (SSSR count). The molecule has 1 saturated carbocycles. The first-order valence-electron chi connectivity index (χ1n) is 4.37.